The van der Waals surface area contributed by atoms with E-state index in [0.717, 1.165) is 5.56 Å². The fourth-order valence-corrected chi connectivity index (χ4v) is 1.58. The first-order valence-corrected chi connectivity index (χ1v) is 7.37. The molecule has 0 saturated heterocycles. The van der Waals surface area contributed by atoms with E-state index in [0.29, 0.717) is 18.1 Å². The van der Waals surface area contributed by atoms with E-state index >= 15 is 0 Å². The van der Waals surface area contributed by atoms with Crippen molar-refractivity contribution in [2.24, 2.45) is 0 Å². The van der Waals surface area contributed by atoms with Crippen LogP contribution >= 0.6 is 0 Å². The average Bonchev–Trinajstić information content (AvgIpc) is 2.60. The van der Waals surface area contributed by atoms with Crippen molar-refractivity contribution >= 4 is 11.9 Å². The van der Waals surface area contributed by atoms with Crippen LogP contribution in [-0.2, 0) is 27.5 Å². The summed E-state index contributed by atoms with van der Waals surface area (Å²) in [6.45, 7) is 1.72. The molecule has 146 valence electrons. The van der Waals surface area contributed by atoms with Gasteiger partial charge in [0, 0.05) is 13.0 Å². The van der Waals surface area contributed by atoms with Gasteiger partial charge in [-0.25, -0.2) is 4.79 Å². The number of hydrogen-bond acceptors (Lipinski definition) is 6. The lowest BCUT2D eigenvalue weighted by atomic mass is 10.2. The van der Waals surface area contributed by atoms with E-state index in [-0.39, 0.29) is 18.3 Å². The molecule has 0 aliphatic carbocycles. The molecular weight excluding hydrogens is 371 g/mol. The number of carbonyl (C=O) groups is 2. The van der Waals surface area contributed by atoms with Crippen molar-refractivity contribution in [1.29, 1.82) is 0 Å². The van der Waals surface area contributed by atoms with Gasteiger partial charge in [-0.2, -0.15) is 13.2 Å². The van der Waals surface area contributed by atoms with Crippen molar-refractivity contribution in [3.8, 4) is 11.5 Å². The smallest absolute Gasteiger partial charge is 0.490 e. The van der Waals surface area contributed by atoms with E-state index in [1.807, 2.05) is 30.3 Å². The highest BCUT2D eigenvalue weighted by Gasteiger charge is 2.38. The number of carboxylic acid groups (broad SMARTS) is 1. The summed E-state index contributed by atoms with van der Waals surface area (Å²) < 4.78 is 42.1. The van der Waals surface area contributed by atoms with Crippen LogP contribution in [0.1, 0.15) is 18.2 Å². The fourth-order valence-electron chi connectivity index (χ4n) is 1.58. The van der Waals surface area contributed by atoms with Crippen LogP contribution in [0, 0.1) is 0 Å². The van der Waals surface area contributed by atoms with Gasteiger partial charge < -0.3 is 19.7 Å². The van der Waals surface area contributed by atoms with Crippen molar-refractivity contribution in [1.82, 2.24) is 4.98 Å². The van der Waals surface area contributed by atoms with Crippen LogP contribution in [0.4, 0.5) is 13.2 Å². The monoisotopic (exact) mass is 387 g/mol. The van der Waals surface area contributed by atoms with Gasteiger partial charge in [0.25, 0.3) is 0 Å². The van der Waals surface area contributed by atoms with E-state index in [1.165, 1.54) is 13.1 Å². The van der Waals surface area contributed by atoms with Crippen LogP contribution in [0.15, 0.2) is 42.6 Å². The predicted molar refractivity (Wildman–Crippen MR) is 85.8 cm³/mol. The van der Waals surface area contributed by atoms with Crippen LogP contribution in [0.3, 0.4) is 0 Å². The van der Waals surface area contributed by atoms with Crippen molar-refractivity contribution in [2.45, 2.75) is 26.3 Å². The molecule has 2 aromatic rings. The summed E-state index contributed by atoms with van der Waals surface area (Å²) in [6.07, 6.45) is -3.81. The molecule has 0 radical (unpaired) electrons. The van der Waals surface area contributed by atoms with E-state index < -0.39 is 12.1 Å². The number of rotatable bonds is 5. The third kappa shape index (κ3) is 8.56. The molecule has 1 aromatic carbocycles. The number of ether oxygens (including phenoxy) is 2. The summed E-state index contributed by atoms with van der Waals surface area (Å²) in [7, 11) is 0. The molecule has 0 bridgehead atoms. The highest BCUT2D eigenvalue weighted by atomic mass is 19.4. The van der Waals surface area contributed by atoms with Crippen molar-refractivity contribution in [3.05, 3.63) is 53.9 Å². The Balaban J connectivity index is 0.000000445. The van der Waals surface area contributed by atoms with Gasteiger partial charge in [-0.3, -0.25) is 9.78 Å². The zero-order valence-electron chi connectivity index (χ0n) is 14.1. The third-order valence-electron chi connectivity index (χ3n) is 2.81. The van der Waals surface area contributed by atoms with Gasteiger partial charge in [-0.15, -0.1) is 0 Å². The lowest BCUT2D eigenvalue weighted by Crippen LogP contribution is -2.21. The van der Waals surface area contributed by atoms with Crippen LogP contribution in [0.25, 0.3) is 0 Å². The van der Waals surface area contributed by atoms with Crippen LogP contribution in [0.2, 0.25) is 0 Å². The Bertz CT molecular complexity index is 765. The van der Waals surface area contributed by atoms with E-state index in [2.05, 4.69) is 4.98 Å². The average molecular weight is 387 g/mol. The molecule has 0 aliphatic rings. The van der Waals surface area contributed by atoms with Gasteiger partial charge in [0.2, 0.25) is 0 Å². The predicted octanol–water partition coefficient (Wildman–Crippen LogP) is 3.06. The molecule has 1 aromatic heterocycles. The number of carbonyl (C=O) groups excluding carboxylic acids is 1. The molecule has 0 saturated carbocycles. The molecule has 2 rings (SSSR count). The summed E-state index contributed by atoms with van der Waals surface area (Å²) in [6, 6.07) is 11.2. The van der Waals surface area contributed by atoms with Crippen LogP contribution in [0.5, 0.6) is 11.5 Å². The summed E-state index contributed by atoms with van der Waals surface area (Å²) >= 11 is 0. The topological polar surface area (TPSA) is 106 Å². The first-order valence-electron chi connectivity index (χ1n) is 7.37. The molecule has 7 nitrogen and oxygen atoms in total. The number of alkyl halides is 3. The molecule has 0 fully saturated rings. The molecule has 0 aliphatic heterocycles. The molecule has 10 heteroatoms. The van der Waals surface area contributed by atoms with Crippen molar-refractivity contribution < 1.29 is 42.4 Å². The van der Waals surface area contributed by atoms with Gasteiger partial charge in [-0.05, 0) is 5.56 Å². The number of aromatic hydroxyl groups is 1. The minimum Gasteiger partial charge on any atom is -0.503 e. The summed E-state index contributed by atoms with van der Waals surface area (Å²) in [5.41, 5.74) is 1.51. The molecule has 0 unspecified atom stereocenters. The highest BCUT2D eigenvalue weighted by Crippen LogP contribution is 2.26. The standard InChI is InChI=1S/C15H15NO4.C2HF3O2/c1-11(17)19-10-13-7-15(14(18)8-16-13)20-9-12-5-3-2-4-6-12;3-2(4,5)1(6)7/h2-8,18H,9-10H2,1H3;(H,6,7). The summed E-state index contributed by atoms with van der Waals surface area (Å²) in [4.78, 5) is 23.6. The van der Waals surface area contributed by atoms with Gasteiger partial charge in [0.15, 0.2) is 11.5 Å². The fraction of sp³-hybridized carbons (Fsp3) is 0.235. The number of aliphatic carboxylic acids is 1. The third-order valence-corrected chi connectivity index (χ3v) is 2.81. The molecular formula is C17H16F3NO6. The Kier molecular flexibility index (Phi) is 8.05. The number of esters is 1. The normalized spacial score (nSPS) is 10.4. The summed E-state index contributed by atoms with van der Waals surface area (Å²) in [5.74, 6) is -2.88. The number of pyridine rings is 1. The van der Waals surface area contributed by atoms with Crippen molar-refractivity contribution in [2.75, 3.05) is 0 Å². The Hall–Kier alpha value is -3.30. The van der Waals surface area contributed by atoms with E-state index in [1.54, 1.807) is 6.07 Å². The Morgan fingerprint density at radius 3 is 2.26 bits per heavy atom. The number of hydrogen-bond donors (Lipinski definition) is 2. The number of halogens is 3. The van der Waals surface area contributed by atoms with Crippen LogP contribution < -0.4 is 4.74 Å². The molecule has 0 atom stereocenters. The molecule has 2 N–H and O–H groups in total. The Labute approximate surface area is 152 Å². The quantitative estimate of drug-likeness (QED) is 0.760. The van der Waals surface area contributed by atoms with E-state index in [4.69, 9.17) is 19.4 Å². The lowest BCUT2D eigenvalue weighted by Gasteiger charge is -2.09. The number of benzene rings is 1. The second-order valence-corrected chi connectivity index (χ2v) is 5.00. The SMILES string of the molecule is CC(=O)OCc1cc(OCc2ccccc2)c(O)cn1.O=C(O)C(F)(F)F. The minimum absolute atomic E-state index is 0.0486. The second-order valence-electron chi connectivity index (χ2n) is 5.00. The second kappa shape index (κ2) is 10.00. The maximum atomic E-state index is 10.7. The Morgan fingerprint density at radius 1 is 1.15 bits per heavy atom. The summed E-state index contributed by atoms with van der Waals surface area (Å²) in [5, 5.41) is 16.8. The van der Waals surface area contributed by atoms with Crippen LogP contribution in [-0.4, -0.2) is 33.3 Å². The van der Waals surface area contributed by atoms with Gasteiger partial charge in [0.1, 0.15) is 13.2 Å². The number of aromatic nitrogens is 1. The molecule has 1 heterocycles. The first kappa shape index (κ1) is 21.7. The highest BCUT2D eigenvalue weighted by molar-refractivity contribution is 5.73. The zero-order chi connectivity index (χ0) is 20.4. The number of carboxylic acids is 1. The molecule has 27 heavy (non-hydrogen) atoms. The van der Waals surface area contributed by atoms with Gasteiger partial charge in [-0.1, -0.05) is 30.3 Å². The minimum atomic E-state index is -5.08. The first-order chi connectivity index (χ1) is 12.6. The lowest BCUT2D eigenvalue weighted by molar-refractivity contribution is -0.192. The van der Waals surface area contributed by atoms with Gasteiger partial charge in [0.05, 0.1) is 11.9 Å². The van der Waals surface area contributed by atoms with Crippen molar-refractivity contribution in [3.63, 3.8) is 0 Å². The maximum Gasteiger partial charge on any atom is 0.490 e. The molecule has 0 spiro atoms. The van der Waals surface area contributed by atoms with E-state index in [9.17, 15) is 23.1 Å². The number of nitrogens with zero attached hydrogens (tertiary/aromatic N) is 1. The Morgan fingerprint density at radius 2 is 1.74 bits per heavy atom. The zero-order valence-corrected chi connectivity index (χ0v) is 14.1. The molecule has 0 amide bonds. The maximum absolute atomic E-state index is 10.7. The van der Waals surface area contributed by atoms with Gasteiger partial charge >= 0.3 is 18.1 Å². The largest absolute Gasteiger partial charge is 0.503 e.